The third kappa shape index (κ3) is 5.39. The Balaban J connectivity index is 0.000000437. The molecule has 2 heterocycles. The molecule has 2 unspecified atom stereocenters. The Kier molecular flexibility index (Phi) is 7.87. The van der Waals surface area contributed by atoms with Gasteiger partial charge in [0, 0.05) is 25.7 Å². The molecule has 0 aliphatic carbocycles. The molecule has 17 heavy (non-hydrogen) atoms. The normalized spacial score (nSPS) is 30.5. The van der Waals surface area contributed by atoms with E-state index in [1.165, 1.54) is 51.6 Å². The fourth-order valence-corrected chi connectivity index (χ4v) is 2.83. The van der Waals surface area contributed by atoms with Gasteiger partial charge in [0.2, 0.25) is 0 Å². The van der Waals surface area contributed by atoms with Crippen LogP contribution in [-0.2, 0) is 4.74 Å². The Hall–Kier alpha value is -0.0800. The monoisotopic (exact) mass is 241 g/mol. The van der Waals surface area contributed by atoms with E-state index in [0.717, 1.165) is 25.2 Å². The second-order valence-electron chi connectivity index (χ2n) is 5.46. The molecular formula is C15H31NO. The number of nitrogens with zero attached hydrogens (tertiary/aromatic N) is 1. The summed E-state index contributed by atoms with van der Waals surface area (Å²) in [6.45, 7) is 11.0. The van der Waals surface area contributed by atoms with E-state index < -0.39 is 0 Å². The van der Waals surface area contributed by atoms with Crippen LogP contribution in [-0.4, -0.2) is 37.2 Å². The van der Waals surface area contributed by atoms with Gasteiger partial charge in [-0.1, -0.05) is 40.0 Å². The summed E-state index contributed by atoms with van der Waals surface area (Å²) in [5.74, 6) is 0.943. The van der Waals surface area contributed by atoms with Gasteiger partial charge >= 0.3 is 0 Å². The van der Waals surface area contributed by atoms with Gasteiger partial charge in [-0.15, -0.1) is 0 Å². The lowest BCUT2D eigenvalue weighted by Gasteiger charge is -2.28. The molecule has 2 aliphatic rings. The van der Waals surface area contributed by atoms with Gasteiger partial charge in [-0.05, 0) is 25.2 Å². The molecular weight excluding hydrogens is 210 g/mol. The molecule has 0 amide bonds. The Bertz CT molecular complexity index is 184. The van der Waals surface area contributed by atoms with Crippen LogP contribution in [0.5, 0.6) is 0 Å². The van der Waals surface area contributed by atoms with Gasteiger partial charge in [0.25, 0.3) is 0 Å². The predicted octanol–water partition coefficient (Wildman–Crippen LogP) is 3.70. The van der Waals surface area contributed by atoms with Crippen LogP contribution in [0.1, 0.15) is 59.3 Å². The summed E-state index contributed by atoms with van der Waals surface area (Å²) in [7, 11) is 0. The first-order valence-electron chi connectivity index (χ1n) is 7.63. The summed E-state index contributed by atoms with van der Waals surface area (Å²) < 4.78 is 5.55. The van der Waals surface area contributed by atoms with E-state index >= 15 is 0 Å². The highest BCUT2D eigenvalue weighted by Crippen LogP contribution is 2.25. The first-order chi connectivity index (χ1) is 8.31. The van der Waals surface area contributed by atoms with Crippen molar-refractivity contribution in [1.82, 2.24) is 4.90 Å². The summed E-state index contributed by atoms with van der Waals surface area (Å²) >= 11 is 0. The van der Waals surface area contributed by atoms with Crippen molar-refractivity contribution in [1.29, 1.82) is 0 Å². The molecule has 0 radical (unpaired) electrons. The van der Waals surface area contributed by atoms with Gasteiger partial charge in [0.05, 0.1) is 6.61 Å². The van der Waals surface area contributed by atoms with Crippen LogP contribution in [0.4, 0.5) is 0 Å². The van der Waals surface area contributed by atoms with E-state index in [1.807, 2.05) is 0 Å². The summed E-state index contributed by atoms with van der Waals surface area (Å²) in [5, 5.41) is 0. The SMILES string of the molecule is CCC.CCC1CCCC2CCOCCN2C1. The molecule has 2 heteroatoms. The van der Waals surface area contributed by atoms with Gasteiger partial charge in [0.15, 0.2) is 0 Å². The molecule has 0 saturated carbocycles. The molecule has 0 bridgehead atoms. The zero-order valence-electron chi connectivity index (χ0n) is 12.1. The lowest BCUT2D eigenvalue weighted by atomic mass is 10.0. The van der Waals surface area contributed by atoms with Crippen LogP contribution >= 0.6 is 0 Å². The number of fused-ring (bicyclic) bond motifs is 1. The van der Waals surface area contributed by atoms with Gasteiger partial charge in [-0.2, -0.15) is 0 Å². The minimum atomic E-state index is 0.828. The van der Waals surface area contributed by atoms with Crippen molar-refractivity contribution in [2.24, 2.45) is 5.92 Å². The van der Waals surface area contributed by atoms with E-state index in [2.05, 4.69) is 25.7 Å². The summed E-state index contributed by atoms with van der Waals surface area (Å²) in [4.78, 5) is 2.69. The maximum Gasteiger partial charge on any atom is 0.0593 e. The lowest BCUT2D eigenvalue weighted by Crippen LogP contribution is -2.37. The van der Waals surface area contributed by atoms with Crippen molar-refractivity contribution in [3.8, 4) is 0 Å². The molecule has 2 saturated heterocycles. The molecule has 0 aromatic rings. The van der Waals surface area contributed by atoms with Crippen LogP contribution in [0.2, 0.25) is 0 Å². The second kappa shape index (κ2) is 8.93. The molecule has 2 rings (SSSR count). The minimum absolute atomic E-state index is 0.828. The van der Waals surface area contributed by atoms with Crippen LogP contribution < -0.4 is 0 Å². The van der Waals surface area contributed by atoms with Crippen LogP contribution in [0.25, 0.3) is 0 Å². The molecule has 0 N–H and O–H groups in total. The fourth-order valence-electron chi connectivity index (χ4n) is 2.83. The molecule has 0 spiro atoms. The molecule has 2 aliphatic heterocycles. The predicted molar refractivity (Wildman–Crippen MR) is 74.4 cm³/mol. The summed E-state index contributed by atoms with van der Waals surface area (Å²) in [6, 6.07) is 0.828. The molecule has 0 aromatic carbocycles. The number of hydrogen-bond donors (Lipinski definition) is 0. The number of ether oxygens (including phenoxy) is 1. The number of rotatable bonds is 1. The standard InChI is InChI=1S/C12H23NO.C3H8/c1-2-11-4-3-5-12-6-8-14-9-7-13(12)10-11;1-3-2/h11-12H,2-10H2,1H3;3H2,1-2H3. The number of hydrogen-bond acceptors (Lipinski definition) is 2. The maximum atomic E-state index is 5.55. The Morgan fingerprint density at radius 3 is 2.53 bits per heavy atom. The smallest absolute Gasteiger partial charge is 0.0593 e. The van der Waals surface area contributed by atoms with Crippen LogP contribution in [0, 0.1) is 5.92 Å². The lowest BCUT2D eigenvalue weighted by molar-refractivity contribution is 0.136. The van der Waals surface area contributed by atoms with Crippen molar-refractivity contribution in [2.45, 2.75) is 65.3 Å². The van der Waals surface area contributed by atoms with Crippen molar-refractivity contribution < 1.29 is 4.74 Å². The third-order valence-electron chi connectivity index (χ3n) is 3.85. The molecule has 2 nitrogen and oxygen atoms in total. The first kappa shape index (κ1) is 15.0. The quantitative estimate of drug-likeness (QED) is 0.694. The van der Waals surface area contributed by atoms with Gasteiger partial charge in [-0.25, -0.2) is 0 Å². The molecule has 2 atom stereocenters. The van der Waals surface area contributed by atoms with Crippen molar-refractivity contribution in [3.63, 3.8) is 0 Å². The van der Waals surface area contributed by atoms with E-state index in [4.69, 9.17) is 4.74 Å². The maximum absolute atomic E-state index is 5.55. The van der Waals surface area contributed by atoms with Gasteiger partial charge < -0.3 is 4.74 Å². The molecule has 102 valence electrons. The fraction of sp³-hybridized carbons (Fsp3) is 1.00. The minimum Gasteiger partial charge on any atom is -0.380 e. The largest absolute Gasteiger partial charge is 0.380 e. The third-order valence-corrected chi connectivity index (χ3v) is 3.85. The second-order valence-corrected chi connectivity index (χ2v) is 5.46. The first-order valence-corrected chi connectivity index (χ1v) is 7.63. The van der Waals surface area contributed by atoms with E-state index in [0.29, 0.717) is 0 Å². The van der Waals surface area contributed by atoms with Crippen molar-refractivity contribution >= 4 is 0 Å². The molecule has 0 aromatic heterocycles. The van der Waals surface area contributed by atoms with E-state index in [9.17, 15) is 0 Å². The van der Waals surface area contributed by atoms with E-state index in [1.54, 1.807) is 0 Å². The Labute approximate surface area is 108 Å². The molecule has 2 fully saturated rings. The zero-order chi connectivity index (χ0) is 12.5. The Morgan fingerprint density at radius 1 is 1.06 bits per heavy atom. The Morgan fingerprint density at radius 2 is 1.82 bits per heavy atom. The van der Waals surface area contributed by atoms with Crippen molar-refractivity contribution in [2.75, 3.05) is 26.3 Å². The highest BCUT2D eigenvalue weighted by Gasteiger charge is 2.26. The average Bonchev–Trinajstić information content (AvgIpc) is 2.63. The zero-order valence-corrected chi connectivity index (χ0v) is 12.1. The van der Waals surface area contributed by atoms with Gasteiger partial charge in [0.1, 0.15) is 0 Å². The van der Waals surface area contributed by atoms with Crippen LogP contribution in [0.3, 0.4) is 0 Å². The average molecular weight is 241 g/mol. The highest BCUT2D eigenvalue weighted by molar-refractivity contribution is 4.80. The topological polar surface area (TPSA) is 12.5 Å². The highest BCUT2D eigenvalue weighted by atomic mass is 16.5. The summed E-state index contributed by atoms with van der Waals surface area (Å²) in [6.07, 6.45) is 8.14. The summed E-state index contributed by atoms with van der Waals surface area (Å²) in [5.41, 5.74) is 0. The van der Waals surface area contributed by atoms with Crippen LogP contribution in [0.15, 0.2) is 0 Å². The van der Waals surface area contributed by atoms with Crippen molar-refractivity contribution in [3.05, 3.63) is 0 Å². The van der Waals surface area contributed by atoms with E-state index in [-0.39, 0.29) is 0 Å². The van der Waals surface area contributed by atoms with Gasteiger partial charge in [-0.3, -0.25) is 4.90 Å².